The molecule has 4 aromatic rings. The highest BCUT2D eigenvalue weighted by Crippen LogP contribution is 2.33. The third-order valence-electron chi connectivity index (χ3n) is 5.71. The summed E-state index contributed by atoms with van der Waals surface area (Å²) in [5, 5.41) is 12.5. The fourth-order valence-corrected chi connectivity index (χ4v) is 4.47. The molecule has 0 fully saturated rings. The number of nitriles is 1. The number of fused-ring (bicyclic) bond motifs is 1. The number of nitrogens with zero attached hydrogens (tertiary/aromatic N) is 2. The zero-order valence-electron chi connectivity index (χ0n) is 19.0. The van der Waals surface area contributed by atoms with E-state index >= 15 is 0 Å². The Morgan fingerprint density at radius 2 is 1.71 bits per heavy atom. The molecule has 0 spiro atoms. The van der Waals surface area contributed by atoms with Crippen LogP contribution in [0.25, 0.3) is 21.9 Å². The monoisotopic (exact) mass is 527 g/mol. The van der Waals surface area contributed by atoms with Crippen LogP contribution in [0.1, 0.15) is 39.8 Å². The van der Waals surface area contributed by atoms with Crippen LogP contribution in [0.4, 0.5) is 0 Å². The fraction of sp³-hybridized carbons (Fsp3) is 0.143. The highest BCUT2D eigenvalue weighted by molar-refractivity contribution is 9.10. The number of aromatic nitrogens is 1. The minimum absolute atomic E-state index is 0.177. The molecule has 0 aliphatic heterocycles. The van der Waals surface area contributed by atoms with Crippen LogP contribution in [-0.4, -0.2) is 22.8 Å². The molecule has 0 bridgehead atoms. The maximum absolute atomic E-state index is 13.6. The van der Waals surface area contributed by atoms with Crippen molar-refractivity contribution in [3.05, 3.63) is 104 Å². The number of nitrogens with one attached hydrogen (secondary N) is 1. The molecule has 0 saturated carbocycles. The average Bonchev–Trinajstić information content (AvgIpc) is 2.86. The third-order valence-corrected chi connectivity index (χ3v) is 6.20. The summed E-state index contributed by atoms with van der Waals surface area (Å²) in [5.74, 6) is -0.479. The smallest absolute Gasteiger partial charge is 0.259 e. The summed E-state index contributed by atoms with van der Waals surface area (Å²) in [7, 11) is 0. The minimum atomic E-state index is -0.268. The van der Waals surface area contributed by atoms with Gasteiger partial charge in [-0.25, -0.2) is 0 Å². The lowest BCUT2D eigenvalue weighted by Gasteiger charge is -2.19. The first-order valence-corrected chi connectivity index (χ1v) is 11.9. The van der Waals surface area contributed by atoms with E-state index in [0.717, 1.165) is 15.6 Å². The molecule has 3 aromatic carbocycles. The van der Waals surface area contributed by atoms with Gasteiger partial charge >= 0.3 is 0 Å². The first-order chi connectivity index (χ1) is 16.9. The van der Waals surface area contributed by atoms with Crippen molar-refractivity contribution in [1.82, 2.24) is 9.88 Å². The van der Waals surface area contributed by atoms with Gasteiger partial charge in [-0.05, 0) is 46.8 Å². The van der Waals surface area contributed by atoms with Gasteiger partial charge in [0.2, 0.25) is 0 Å². The van der Waals surface area contributed by atoms with Crippen molar-refractivity contribution in [3.8, 4) is 17.2 Å². The zero-order chi connectivity index (χ0) is 24.9. The van der Waals surface area contributed by atoms with Gasteiger partial charge in [0, 0.05) is 34.5 Å². The van der Waals surface area contributed by atoms with E-state index in [1.165, 1.54) is 11.5 Å². The molecule has 1 amide bonds. The first kappa shape index (κ1) is 24.1. The van der Waals surface area contributed by atoms with Crippen molar-refractivity contribution in [2.45, 2.75) is 19.9 Å². The Morgan fingerprint density at radius 3 is 2.37 bits per heavy atom. The van der Waals surface area contributed by atoms with Crippen molar-refractivity contribution in [3.63, 3.8) is 0 Å². The Morgan fingerprint density at radius 1 is 1.00 bits per heavy atom. The van der Waals surface area contributed by atoms with Crippen LogP contribution >= 0.6 is 15.9 Å². The van der Waals surface area contributed by atoms with Crippen molar-refractivity contribution < 1.29 is 9.59 Å². The molecule has 1 aromatic heterocycles. The van der Waals surface area contributed by atoms with Gasteiger partial charge in [-0.3, -0.25) is 19.0 Å². The Hall–Kier alpha value is -4.02. The zero-order valence-corrected chi connectivity index (χ0v) is 20.6. The van der Waals surface area contributed by atoms with Gasteiger partial charge in [0.05, 0.1) is 24.7 Å². The summed E-state index contributed by atoms with van der Waals surface area (Å²) in [6, 6.07) is 23.9. The summed E-state index contributed by atoms with van der Waals surface area (Å²) in [5.41, 5.74) is 2.88. The predicted molar refractivity (Wildman–Crippen MR) is 139 cm³/mol. The Bertz CT molecular complexity index is 1520. The Balaban J connectivity index is 1.83. The van der Waals surface area contributed by atoms with Gasteiger partial charge < -0.3 is 5.32 Å². The van der Waals surface area contributed by atoms with E-state index in [1.807, 2.05) is 48.5 Å². The maximum atomic E-state index is 13.6. The minimum Gasteiger partial charge on any atom is -0.351 e. The van der Waals surface area contributed by atoms with Crippen LogP contribution in [0, 0.1) is 11.3 Å². The molecule has 174 valence electrons. The van der Waals surface area contributed by atoms with Crippen LogP contribution in [0.2, 0.25) is 0 Å². The van der Waals surface area contributed by atoms with Crippen LogP contribution in [0.15, 0.2) is 82.1 Å². The number of hydrogen-bond donors (Lipinski definition) is 1. The van der Waals surface area contributed by atoms with E-state index in [1.54, 1.807) is 30.3 Å². The second kappa shape index (κ2) is 10.5. The van der Waals surface area contributed by atoms with Crippen LogP contribution in [-0.2, 0) is 6.54 Å². The lowest BCUT2D eigenvalue weighted by Crippen LogP contribution is -2.27. The maximum Gasteiger partial charge on any atom is 0.259 e. The molecule has 35 heavy (non-hydrogen) atoms. The number of benzene rings is 3. The Kier molecular flexibility index (Phi) is 7.23. The van der Waals surface area contributed by atoms with E-state index in [9.17, 15) is 14.4 Å². The molecule has 7 heteroatoms. The van der Waals surface area contributed by atoms with Crippen molar-refractivity contribution in [2.24, 2.45) is 0 Å². The van der Waals surface area contributed by atoms with Crippen LogP contribution < -0.4 is 10.9 Å². The van der Waals surface area contributed by atoms with Crippen molar-refractivity contribution in [2.75, 3.05) is 6.54 Å². The molecule has 0 aliphatic carbocycles. The largest absolute Gasteiger partial charge is 0.351 e. The highest BCUT2D eigenvalue weighted by atomic mass is 79.9. The molecule has 0 radical (unpaired) electrons. The number of amides is 1. The normalized spacial score (nSPS) is 10.7. The number of carbonyl (C=O) groups is 2. The molecule has 1 N–H and O–H groups in total. The van der Waals surface area contributed by atoms with E-state index < -0.39 is 0 Å². The quantitative estimate of drug-likeness (QED) is 0.260. The lowest BCUT2D eigenvalue weighted by atomic mass is 9.95. The predicted octanol–water partition coefficient (Wildman–Crippen LogP) is 5.33. The molecule has 0 aliphatic rings. The number of pyridine rings is 1. The molecular formula is C28H22BrN3O3. The van der Waals surface area contributed by atoms with Gasteiger partial charge in [0.25, 0.3) is 11.5 Å². The fourth-order valence-electron chi connectivity index (χ4n) is 4.11. The van der Waals surface area contributed by atoms with Gasteiger partial charge in [-0.15, -0.1) is 0 Å². The van der Waals surface area contributed by atoms with Crippen LogP contribution in [0.5, 0.6) is 0 Å². The highest BCUT2D eigenvalue weighted by Gasteiger charge is 2.21. The second-order valence-electron chi connectivity index (χ2n) is 8.09. The summed E-state index contributed by atoms with van der Waals surface area (Å²) in [6.45, 7) is 1.93. The molecule has 6 nitrogen and oxygen atoms in total. The van der Waals surface area contributed by atoms with Crippen molar-refractivity contribution in [1.29, 1.82) is 5.26 Å². The topological polar surface area (TPSA) is 92.0 Å². The molecule has 0 saturated heterocycles. The third kappa shape index (κ3) is 5.08. The van der Waals surface area contributed by atoms with Crippen LogP contribution in [0.3, 0.4) is 0 Å². The summed E-state index contributed by atoms with van der Waals surface area (Å²) in [6.07, 6.45) is 0.239. The van der Waals surface area contributed by atoms with Gasteiger partial charge in [0.1, 0.15) is 0 Å². The summed E-state index contributed by atoms with van der Waals surface area (Å²) < 4.78 is 2.33. The number of ketones is 1. The summed E-state index contributed by atoms with van der Waals surface area (Å²) >= 11 is 3.49. The van der Waals surface area contributed by atoms with Gasteiger partial charge in [-0.2, -0.15) is 5.26 Å². The number of halogens is 1. The average molecular weight is 528 g/mol. The van der Waals surface area contributed by atoms with E-state index in [-0.39, 0.29) is 36.8 Å². The molecule has 1 heterocycles. The SMILES string of the molecule is CC(=O)c1c(-c2ccccc2)c2cc(Br)ccc2c(=O)n1Cc1ccc(C(=O)NCCC#N)cc1. The van der Waals surface area contributed by atoms with Crippen molar-refractivity contribution >= 4 is 38.4 Å². The number of carbonyl (C=O) groups excluding carboxylic acids is 2. The lowest BCUT2D eigenvalue weighted by molar-refractivity contribution is 0.0953. The second-order valence-corrected chi connectivity index (χ2v) is 9.00. The number of rotatable bonds is 7. The Labute approximate surface area is 211 Å². The number of Topliss-reactive ketones (excluding diaryl/α,β-unsaturated/α-hetero) is 1. The van der Waals surface area contributed by atoms with E-state index in [2.05, 4.69) is 21.2 Å². The van der Waals surface area contributed by atoms with Gasteiger partial charge in [0.15, 0.2) is 5.78 Å². The summed E-state index contributed by atoms with van der Waals surface area (Å²) in [4.78, 5) is 38.8. The standard InChI is InChI=1S/C28H22BrN3O3/c1-18(33)26-25(20-6-3-2-4-7-20)24-16-22(29)12-13-23(24)28(35)32(26)17-19-8-10-21(11-9-19)27(34)31-15-5-14-30/h2-4,6-13,16H,5,15,17H2,1H3,(H,31,34). The first-order valence-electron chi connectivity index (χ1n) is 11.1. The van der Waals surface area contributed by atoms with E-state index in [4.69, 9.17) is 5.26 Å². The number of hydrogen-bond acceptors (Lipinski definition) is 4. The molecule has 0 unspecified atom stereocenters. The van der Waals surface area contributed by atoms with Gasteiger partial charge in [-0.1, -0.05) is 58.4 Å². The van der Waals surface area contributed by atoms with E-state index in [0.29, 0.717) is 27.6 Å². The molecule has 4 rings (SSSR count). The molecule has 0 atom stereocenters. The molecular weight excluding hydrogens is 506 g/mol.